The monoisotopic (exact) mass is 483 g/mol. The highest BCUT2D eigenvalue weighted by Crippen LogP contribution is 2.38. The van der Waals surface area contributed by atoms with Crippen molar-refractivity contribution in [1.82, 2.24) is 9.88 Å². The van der Waals surface area contributed by atoms with Crippen LogP contribution in [0, 0.1) is 17.0 Å². The number of rotatable bonds is 6. The van der Waals surface area contributed by atoms with Crippen molar-refractivity contribution in [1.29, 1.82) is 0 Å². The van der Waals surface area contributed by atoms with Gasteiger partial charge in [0.05, 0.1) is 10.4 Å². The molecule has 1 heterocycles. The van der Waals surface area contributed by atoms with Gasteiger partial charge in [0.25, 0.3) is 11.6 Å². The molecule has 10 heteroatoms. The summed E-state index contributed by atoms with van der Waals surface area (Å²) in [6.45, 7) is 1.89. The molecule has 3 aromatic carbocycles. The molecule has 0 saturated heterocycles. The summed E-state index contributed by atoms with van der Waals surface area (Å²) < 4.78 is 1.53. The number of aromatic hydroxyl groups is 1. The van der Waals surface area contributed by atoms with Gasteiger partial charge in [0, 0.05) is 30.1 Å². The molecule has 180 valence electrons. The van der Waals surface area contributed by atoms with Crippen LogP contribution in [0.3, 0.4) is 0 Å². The molecule has 10 nitrogen and oxygen atoms in total. The third kappa shape index (κ3) is 5.02. The van der Waals surface area contributed by atoms with Crippen LogP contribution in [-0.2, 0) is 11.8 Å². The zero-order valence-electron chi connectivity index (χ0n) is 19.4. The van der Waals surface area contributed by atoms with Crippen LogP contribution in [0.2, 0.25) is 0 Å². The van der Waals surface area contributed by atoms with Gasteiger partial charge in [-0.1, -0.05) is 29.8 Å². The lowest BCUT2D eigenvalue weighted by molar-refractivity contribution is -0.384. The van der Waals surface area contributed by atoms with Crippen LogP contribution in [0.5, 0.6) is 5.88 Å². The molecule has 0 atom stereocenters. The molecule has 0 fully saturated rings. The Kier molecular flexibility index (Phi) is 6.68. The summed E-state index contributed by atoms with van der Waals surface area (Å²) in [6.07, 6.45) is 1.35. The van der Waals surface area contributed by atoms with Crippen LogP contribution < -0.4 is 5.32 Å². The van der Waals surface area contributed by atoms with Crippen LogP contribution in [0.1, 0.15) is 21.5 Å². The molecular formula is C26H21N5O5. The molecule has 0 saturated carbocycles. The minimum absolute atomic E-state index is 0.116. The molecule has 0 spiro atoms. The smallest absolute Gasteiger partial charge is 0.311 e. The number of aromatic nitrogens is 1. The molecule has 0 unspecified atom stereocenters. The first-order chi connectivity index (χ1) is 17.2. The quantitative estimate of drug-likeness (QED) is 0.168. The second-order valence-electron chi connectivity index (χ2n) is 7.98. The largest absolute Gasteiger partial charge is 0.493 e. The number of nitro benzene ring substituents is 1. The Balaban J connectivity index is 1.70. The summed E-state index contributed by atoms with van der Waals surface area (Å²) in [5.74, 6) is -1.58. The fraction of sp³-hybridized carbons (Fsp3) is 0.0769. The minimum Gasteiger partial charge on any atom is -0.493 e. The van der Waals surface area contributed by atoms with Crippen molar-refractivity contribution in [3.63, 3.8) is 0 Å². The summed E-state index contributed by atoms with van der Waals surface area (Å²) in [5.41, 5.74) is 2.19. The first-order valence-corrected chi connectivity index (χ1v) is 10.8. The van der Waals surface area contributed by atoms with Gasteiger partial charge in [0.15, 0.2) is 5.69 Å². The van der Waals surface area contributed by atoms with Gasteiger partial charge in [-0.3, -0.25) is 19.7 Å². The summed E-state index contributed by atoms with van der Waals surface area (Å²) in [6, 6.07) is 19.3. The van der Waals surface area contributed by atoms with Gasteiger partial charge < -0.3 is 15.0 Å². The normalized spacial score (nSPS) is 11.7. The van der Waals surface area contributed by atoms with Crippen molar-refractivity contribution in [3.8, 4) is 5.88 Å². The number of azo groups is 1. The van der Waals surface area contributed by atoms with Crippen molar-refractivity contribution in [2.24, 2.45) is 17.3 Å². The third-order valence-corrected chi connectivity index (χ3v) is 5.47. The number of hydrogen-bond donors (Lipinski definition) is 2. The number of hydrogen-bond acceptors (Lipinski definition) is 6. The van der Waals surface area contributed by atoms with E-state index in [0.717, 1.165) is 5.56 Å². The van der Waals surface area contributed by atoms with E-state index in [1.807, 2.05) is 25.1 Å². The van der Waals surface area contributed by atoms with E-state index >= 15 is 0 Å². The van der Waals surface area contributed by atoms with Gasteiger partial charge >= 0.3 is 5.91 Å². The second-order valence-corrected chi connectivity index (χ2v) is 7.98. The van der Waals surface area contributed by atoms with Gasteiger partial charge in [-0.15, -0.1) is 10.2 Å². The van der Waals surface area contributed by atoms with E-state index in [0.29, 0.717) is 22.0 Å². The second kappa shape index (κ2) is 10.0. The molecule has 36 heavy (non-hydrogen) atoms. The van der Waals surface area contributed by atoms with Crippen LogP contribution in [-0.4, -0.2) is 26.4 Å². The number of benzene rings is 3. The maximum absolute atomic E-state index is 13.0. The minimum atomic E-state index is -0.873. The van der Waals surface area contributed by atoms with Crippen LogP contribution in [0.25, 0.3) is 17.0 Å². The Labute approximate surface area is 205 Å². The first-order valence-electron chi connectivity index (χ1n) is 10.8. The average molecular weight is 483 g/mol. The van der Waals surface area contributed by atoms with Crippen molar-refractivity contribution < 1.29 is 19.6 Å². The molecule has 2 N–H and O–H groups in total. The molecule has 0 aliphatic heterocycles. The maximum atomic E-state index is 13.0. The fourth-order valence-electron chi connectivity index (χ4n) is 3.57. The van der Waals surface area contributed by atoms with Crippen LogP contribution in [0.15, 0.2) is 88.7 Å². The molecule has 2 amide bonds. The predicted molar refractivity (Wildman–Crippen MR) is 134 cm³/mol. The van der Waals surface area contributed by atoms with E-state index in [1.165, 1.54) is 34.9 Å². The zero-order chi connectivity index (χ0) is 25.8. The van der Waals surface area contributed by atoms with Crippen LogP contribution >= 0.6 is 0 Å². The number of amides is 2. The molecule has 4 rings (SSSR count). The van der Waals surface area contributed by atoms with E-state index in [1.54, 1.807) is 37.4 Å². The zero-order valence-corrected chi connectivity index (χ0v) is 19.4. The lowest BCUT2D eigenvalue weighted by Gasteiger charge is -2.07. The van der Waals surface area contributed by atoms with E-state index in [9.17, 15) is 24.8 Å². The molecule has 0 radical (unpaired) electrons. The SMILES string of the molecule is Cc1ccc2c(c1)c(N=NC(=O)/C(=C/c1ccc([N+](=O)[O-])cc1)NC(=O)c1ccccc1)c(O)n2C. The number of carbonyl (C=O) groups is 2. The summed E-state index contributed by atoms with van der Waals surface area (Å²) in [7, 11) is 1.66. The number of nitro groups is 1. The topological polar surface area (TPSA) is 139 Å². The highest BCUT2D eigenvalue weighted by Gasteiger charge is 2.18. The number of nitrogens with zero attached hydrogens (tertiary/aromatic N) is 4. The lowest BCUT2D eigenvalue weighted by Crippen LogP contribution is -2.26. The van der Waals surface area contributed by atoms with Gasteiger partial charge in [-0.25, -0.2) is 0 Å². The Morgan fingerprint density at radius 1 is 1.06 bits per heavy atom. The molecule has 0 aliphatic carbocycles. The number of aryl methyl sites for hydroxylation is 2. The Morgan fingerprint density at radius 2 is 1.75 bits per heavy atom. The molecule has 0 bridgehead atoms. The van der Waals surface area contributed by atoms with E-state index in [4.69, 9.17) is 0 Å². The third-order valence-electron chi connectivity index (χ3n) is 5.47. The standard InChI is InChI=1S/C26H21N5O5/c1-16-8-13-22-20(14-16)23(26(34)30(22)2)28-29-25(33)21(27-24(32)18-6-4-3-5-7-18)15-17-9-11-19(12-10-17)31(35)36/h3-15,34H,1-2H3,(H,27,32)/b21-15-,29-28?. The summed E-state index contributed by atoms with van der Waals surface area (Å²) in [4.78, 5) is 36.2. The first kappa shape index (κ1) is 24.0. The molecule has 4 aromatic rings. The molecule has 1 aromatic heterocycles. The Morgan fingerprint density at radius 3 is 2.42 bits per heavy atom. The van der Waals surface area contributed by atoms with Crippen molar-refractivity contribution in [2.75, 3.05) is 0 Å². The number of fused-ring (bicyclic) bond motifs is 1. The van der Waals surface area contributed by atoms with Gasteiger partial charge in [0.1, 0.15) is 5.70 Å². The average Bonchev–Trinajstić information content (AvgIpc) is 3.11. The van der Waals surface area contributed by atoms with Crippen molar-refractivity contribution >= 4 is 40.2 Å². The van der Waals surface area contributed by atoms with Gasteiger partial charge in [0.2, 0.25) is 5.88 Å². The van der Waals surface area contributed by atoms with Gasteiger partial charge in [-0.05, 0) is 55.0 Å². The predicted octanol–water partition coefficient (Wildman–Crippen LogP) is 5.18. The van der Waals surface area contributed by atoms with E-state index in [2.05, 4.69) is 15.5 Å². The number of non-ortho nitro benzene ring substituents is 1. The van der Waals surface area contributed by atoms with Crippen molar-refractivity contribution in [2.45, 2.75) is 6.92 Å². The van der Waals surface area contributed by atoms with Crippen LogP contribution in [0.4, 0.5) is 11.4 Å². The summed E-state index contributed by atoms with van der Waals surface area (Å²) >= 11 is 0. The number of carbonyl (C=O) groups excluding carboxylic acids is 2. The maximum Gasteiger partial charge on any atom is 0.311 e. The van der Waals surface area contributed by atoms with E-state index < -0.39 is 16.7 Å². The summed E-state index contributed by atoms with van der Waals surface area (Å²) in [5, 5.41) is 32.4. The highest BCUT2D eigenvalue weighted by molar-refractivity contribution is 6.05. The highest BCUT2D eigenvalue weighted by atomic mass is 16.6. The molecular weight excluding hydrogens is 462 g/mol. The van der Waals surface area contributed by atoms with Crippen molar-refractivity contribution in [3.05, 3.63) is 105 Å². The Hall–Kier alpha value is -5.12. The lowest BCUT2D eigenvalue weighted by atomic mass is 10.1. The Bertz CT molecular complexity index is 1540. The molecule has 0 aliphatic rings. The number of nitrogens with one attached hydrogen (secondary N) is 1. The van der Waals surface area contributed by atoms with Gasteiger partial charge in [-0.2, -0.15) is 0 Å². The van der Waals surface area contributed by atoms with E-state index in [-0.39, 0.29) is 23.0 Å². The fourth-order valence-corrected chi connectivity index (χ4v) is 3.57.